The standard InChI is InChI=1S/C11H19NO3/c1-2-11(14)10-3-4-12(9-10)5-7-15-8-6-13/h3-4,9,11,13-14H,2,5-8H2,1H3. The number of rotatable bonds is 7. The Bertz CT molecular complexity index is 273. The van der Waals surface area contributed by atoms with E-state index >= 15 is 0 Å². The molecule has 0 fully saturated rings. The zero-order valence-electron chi connectivity index (χ0n) is 9.09. The van der Waals surface area contributed by atoms with E-state index in [9.17, 15) is 5.11 Å². The number of hydrogen-bond acceptors (Lipinski definition) is 3. The molecule has 86 valence electrons. The predicted octanol–water partition coefficient (Wildman–Crippen LogP) is 0.940. The van der Waals surface area contributed by atoms with Crippen LogP contribution in [0.3, 0.4) is 0 Å². The quantitative estimate of drug-likeness (QED) is 0.663. The Labute approximate surface area is 90.1 Å². The van der Waals surface area contributed by atoms with Gasteiger partial charge < -0.3 is 19.5 Å². The smallest absolute Gasteiger partial charge is 0.0802 e. The van der Waals surface area contributed by atoms with Crippen LogP contribution in [0.25, 0.3) is 0 Å². The highest BCUT2D eigenvalue weighted by molar-refractivity contribution is 5.13. The first kappa shape index (κ1) is 12.2. The summed E-state index contributed by atoms with van der Waals surface area (Å²) in [5, 5.41) is 18.1. The molecule has 0 bridgehead atoms. The van der Waals surface area contributed by atoms with E-state index in [1.807, 2.05) is 30.0 Å². The molecule has 1 aromatic heterocycles. The van der Waals surface area contributed by atoms with Gasteiger partial charge in [0, 0.05) is 18.9 Å². The Morgan fingerprint density at radius 1 is 1.47 bits per heavy atom. The fraction of sp³-hybridized carbons (Fsp3) is 0.636. The number of nitrogens with zero attached hydrogens (tertiary/aromatic N) is 1. The lowest BCUT2D eigenvalue weighted by Gasteiger charge is -2.05. The third-order valence-electron chi connectivity index (χ3n) is 2.27. The largest absolute Gasteiger partial charge is 0.394 e. The van der Waals surface area contributed by atoms with Crippen LogP contribution >= 0.6 is 0 Å². The van der Waals surface area contributed by atoms with Crippen LogP contribution in [0.1, 0.15) is 25.0 Å². The zero-order valence-corrected chi connectivity index (χ0v) is 9.09. The van der Waals surface area contributed by atoms with Gasteiger partial charge in [0.25, 0.3) is 0 Å². The molecular weight excluding hydrogens is 194 g/mol. The summed E-state index contributed by atoms with van der Waals surface area (Å²) in [6.45, 7) is 3.72. The minimum Gasteiger partial charge on any atom is -0.394 e. The molecule has 1 atom stereocenters. The van der Waals surface area contributed by atoms with E-state index in [2.05, 4.69) is 0 Å². The van der Waals surface area contributed by atoms with Crippen LogP contribution < -0.4 is 0 Å². The van der Waals surface area contributed by atoms with E-state index in [0.717, 1.165) is 18.5 Å². The second-order valence-electron chi connectivity index (χ2n) is 3.44. The van der Waals surface area contributed by atoms with Crippen LogP contribution in [-0.2, 0) is 11.3 Å². The average Bonchev–Trinajstić information content (AvgIpc) is 2.72. The van der Waals surface area contributed by atoms with Gasteiger partial charge in [0.2, 0.25) is 0 Å². The van der Waals surface area contributed by atoms with E-state index in [-0.39, 0.29) is 12.7 Å². The molecular formula is C11H19NO3. The molecule has 4 heteroatoms. The fourth-order valence-corrected chi connectivity index (χ4v) is 1.37. The molecule has 1 heterocycles. The van der Waals surface area contributed by atoms with Crippen LogP contribution in [0.5, 0.6) is 0 Å². The zero-order chi connectivity index (χ0) is 11.1. The molecule has 2 N–H and O–H groups in total. The van der Waals surface area contributed by atoms with Crippen LogP contribution in [0.2, 0.25) is 0 Å². The first-order valence-electron chi connectivity index (χ1n) is 5.30. The summed E-state index contributed by atoms with van der Waals surface area (Å²) in [5.41, 5.74) is 0.944. The lowest BCUT2D eigenvalue weighted by Crippen LogP contribution is -2.07. The third kappa shape index (κ3) is 4.03. The molecule has 0 aromatic carbocycles. The summed E-state index contributed by atoms with van der Waals surface area (Å²) >= 11 is 0. The Morgan fingerprint density at radius 3 is 2.93 bits per heavy atom. The van der Waals surface area contributed by atoms with Gasteiger partial charge in [-0.05, 0) is 18.1 Å². The molecule has 0 radical (unpaired) electrons. The van der Waals surface area contributed by atoms with Crippen molar-refractivity contribution in [1.82, 2.24) is 4.57 Å². The first-order valence-corrected chi connectivity index (χ1v) is 5.30. The summed E-state index contributed by atoms with van der Waals surface area (Å²) in [6, 6.07) is 1.92. The molecule has 0 aliphatic rings. The summed E-state index contributed by atoms with van der Waals surface area (Å²) < 4.78 is 7.13. The van der Waals surface area contributed by atoms with Crippen LogP contribution in [0.15, 0.2) is 18.5 Å². The highest BCUT2D eigenvalue weighted by atomic mass is 16.5. The topological polar surface area (TPSA) is 54.6 Å². The van der Waals surface area contributed by atoms with Crippen LogP contribution in [0, 0.1) is 0 Å². The van der Waals surface area contributed by atoms with Crippen molar-refractivity contribution in [1.29, 1.82) is 0 Å². The van der Waals surface area contributed by atoms with E-state index in [1.165, 1.54) is 0 Å². The molecule has 0 aliphatic carbocycles. The average molecular weight is 213 g/mol. The summed E-state index contributed by atoms with van der Waals surface area (Å²) in [4.78, 5) is 0. The van der Waals surface area contributed by atoms with Crippen molar-refractivity contribution < 1.29 is 14.9 Å². The minimum absolute atomic E-state index is 0.0610. The van der Waals surface area contributed by atoms with Gasteiger partial charge in [-0.25, -0.2) is 0 Å². The highest BCUT2D eigenvalue weighted by Gasteiger charge is 2.05. The number of aliphatic hydroxyl groups excluding tert-OH is 2. The van der Waals surface area contributed by atoms with Crippen molar-refractivity contribution in [2.24, 2.45) is 0 Å². The van der Waals surface area contributed by atoms with E-state index in [0.29, 0.717) is 13.2 Å². The minimum atomic E-state index is -0.371. The SMILES string of the molecule is CCC(O)c1ccn(CCOCCO)c1. The number of aromatic nitrogens is 1. The summed E-state index contributed by atoms with van der Waals surface area (Å²) in [6.07, 6.45) is 4.21. The molecule has 1 unspecified atom stereocenters. The molecule has 0 spiro atoms. The second kappa shape index (κ2) is 6.61. The van der Waals surface area contributed by atoms with Crippen molar-refractivity contribution in [3.05, 3.63) is 24.0 Å². The normalized spacial score (nSPS) is 13.0. The lowest BCUT2D eigenvalue weighted by molar-refractivity contribution is 0.0869. The third-order valence-corrected chi connectivity index (χ3v) is 2.27. The van der Waals surface area contributed by atoms with Crippen molar-refractivity contribution in [2.75, 3.05) is 19.8 Å². The van der Waals surface area contributed by atoms with Crippen LogP contribution in [0.4, 0.5) is 0 Å². The monoisotopic (exact) mass is 213 g/mol. The van der Waals surface area contributed by atoms with Gasteiger partial charge in [0.1, 0.15) is 0 Å². The molecule has 1 rings (SSSR count). The fourth-order valence-electron chi connectivity index (χ4n) is 1.37. The molecule has 0 saturated heterocycles. The molecule has 0 aliphatic heterocycles. The Balaban J connectivity index is 2.33. The maximum Gasteiger partial charge on any atom is 0.0802 e. The van der Waals surface area contributed by atoms with Crippen molar-refractivity contribution >= 4 is 0 Å². The maximum atomic E-state index is 9.57. The van der Waals surface area contributed by atoms with Gasteiger partial charge in [-0.2, -0.15) is 0 Å². The summed E-state index contributed by atoms with van der Waals surface area (Å²) in [7, 11) is 0. The highest BCUT2D eigenvalue weighted by Crippen LogP contribution is 2.15. The Kier molecular flexibility index (Phi) is 5.39. The van der Waals surface area contributed by atoms with Gasteiger partial charge in [0.05, 0.1) is 25.9 Å². The molecule has 15 heavy (non-hydrogen) atoms. The molecule has 0 saturated carbocycles. The lowest BCUT2D eigenvalue weighted by atomic mass is 10.1. The van der Waals surface area contributed by atoms with Crippen molar-refractivity contribution in [3.8, 4) is 0 Å². The van der Waals surface area contributed by atoms with E-state index in [4.69, 9.17) is 9.84 Å². The van der Waals surface area contributed by atoms with Gasteiger partial charge in [-0.15, -0.1) is 0 Å². The number of ether oxygens (including phenoxy) is 1. The number of hydrogen-bond donors (Lipinski definition) is 2. The maximum absolute atomic E-state index is 9.57. The summed E-state index contributed by atoms with van der Waals surface area (Å²) in [5.74, 6) is 0. The van der Waals surface area contributed by atoms with Gasteiger partial charge >= 0.3 is 0 Å². The van der Waals surface area contributed by atoms with Crippen LogP contribution in [-0.4, -0.2) is 34.6 Å². The van der Waals surface area contributed by atoms with Crippen molar-refractivity contribution in [2.45, 2.75) is 26.0 Å². The van der Waals surface area contributed by atoms with E-state index < -0.39 is 0 Å². The van der Waals surface area contributed by atoms with E-state index in [1.54, 1.807) is 0 Å². The van der Waals surface area contributed by atoms with Gasteiger partial charge in [0.15, 0.2) is 0 Å². The Hall–Kier alpha value is -0.840. The van der Waals surface area contributed by atoms with Gasteiger partial charge in [-0.1, -0.05) is 6.92 Å². The Morgan fingerprint density at radius 2 is 2.27 bits per heavy atom. The second-order valence-corrected chi connectivity index (χ2v) is 3.44. The predicted molar refractivity (Wildman–Crippen MR) is 57.6 cm³/mol. The van der Waals surface area contributed by atoms with Crippen molar-refractivity contribution in [3.63, 3.8) is 0 Å². The molecule has 4 nitrogen and oxygen atoms in total. The first-order chi connectivity index (χ1) is 7.27. The van der Waals surface area contributed by atoms with Gasteiger partial charge in [-0.3, -0.25) is 0 Å². The number of aliphatic hydroxyl groups is 2. The molecule has 1 aromatic rings. The molecule has 0 amide bonds.